The zero-order valence-corrected chi connectivity index (χ0v) is 19.2. The largest absolute Gasteiger partial charge is 0.389 e. The topological polar surface area (TPSA) is 24.1 Å². The highest BCUT2D eigenvalue weighted by Gasteiger charge is 2.15. The van der Waals surface area contributed by atoms with Crippen LogP contribution in [0.2, 0.25) is 0 Å². The summed E-state index contributed by atoms with van der Waals surface area (Å²) in [7, 11) is 1.87. The normalized spacial score (nSPS) is 12.8. The highest BCUT2D eigenvalue weighted by molar-refractivity contribution is 5.74. The number of benzene rings is 1. The molecular formula is C27H38N2. The molecule has 0 aliphatic carbocycles. The van der Waals surface area contributed by atoms with E-state index in [1.54, 1.807) is 0 Å². The lowest BCUT2D eigenvalue weighted by Crippen LogP contribution is -2.15. The van der Waals surface area contributed by atoms with E-state index in [1.165, 1.54) is 16.7 Å². The minimum atomic E-state index is 0.148. The van der Waals surface area contributed by atoms with Crippen molar-refractivity contribution < 1.29 is 0 Å². The van der Waals surface area contributed by atoms with Crippen LogP contribution in [0.15, 0.2) is 91.0 Å². The number of allylic oxidation sites excluding steroid dienone is 7. The molecule has 29 heavy (non-hydrogen) atoms. The van der Waals surface area contributed by atoms with E-state index >= 15 is 0 Å². The van der Waals surface area contributed by atoms with Gasteiger partial charge < -0.3 is 10.6 Å². The molecule has 0 aliphatic heterocycles. The Hall–Kier alpha value is -2.74. The lowest BCUT2D eigenvalue weighted by Gasteiger charge is -2.23. The fourth-order valence-electron chi connectivity index (χ4n) is 3.06. The Morgan fingerprint density at radius 3 is 2.10 bits per heavy atom. The van der Waals surface area contributed by atoms with E-state index < -0.39 is 0 Å². The molecule has 2 heteroatoms. The van der Waals surface area contributed by atoms with Gasteiger partial charge in [-0.15, -0.1) is 0 Å². The molecule has 0 spiro atoms. The number of likely N-dealkylation sites (N-methyl/N-ethyl adjacent to an activating group) is 1. The van der Waals surface area contributed by atoms with Gasteiger partial charge in [0.05, 0.1) is 0 Å². The molecule has 1 rings (SSSR count). The summed E-state index contributed by atoms with van der Waals surface area (Å²) in [5.74, 6) is 0. The van der Waals surface area contributed by atoms with Gasteiger partial charge in [-0.3, -0.25) is 0 Å². The molecule has 156 valence electrons. The van der Waals surface area contributed by atoms with E-state index in [2.05, 4.69) is 101 Å². The summed E-state index contributed by atoms with van der Waals surface area (Å²) in [5, 5.41) is 6.38. The van der Waals surface area contributed by atoms with E-state index in [9.17, 15) is 0 Å². The molecule has 0 radical (unpaired) electrons. The van der Waals surface area contributed by atoms with Crippen molar-refractivity contribution in [2.75, 3.05) is 7.05 Å². The molecule has 0 atom stereocenters. The van der Waals surface area contributed by atoms with E-state index in [0.29, 0.717) is 0 Å². The molecule has 2 nitrogen and oxygen atoms in total. The minimum absolute atomic E-state index is 0.148. The number of nitrogens with one attached hydrogen (secondary N) is 2. The quantitative estimate of drug-likeness (QED) is 0.424. The number of hydrogen-bond acceptors (Lipinski definition) is 2. The molecular weight excluding hydrogens is 352 g/mol. The Balaban J connectivity index is 2.77. The van der Waals surface area contributed by atoms with Crippen molar-refractivity contribution in [1.82, 2.24) is 10.6 Å². The Labute approximate surface area is 178 Å². The fraction of sp³-hybridized carbons (Fsp3) is 0.333. The average molecular weight is 391 g/mol. The Morgan fingerprint density at radius 2 is 1.62 bits per heavy atom. The summed E-state index contributed by atoms with van der Waals surface area (Å²) in [4.78, 5) is 0. The third kappa shape index (κ3) is 8.43. The van der Waals surface area contributed by atoms with Gasteiger partial charge in [0.2, 0.25) is 0 Å². The molecule has 0 saturated heterocycles. The zero-order valence-electron chi connectivity index (χ0n) is 19.2. The number of hydrogen-bond donors (Lipinski definition) is 2. The maximum absolute atomic E-state index is 4.18. The van der Waals surface area contributed by atoms with E-state index in [4.69, 9.17) is 0 Å². The summed E-state index contributed by atoms with van der Waals surface area (Å²) >= 11 is 0. The van der Waals surface area contributed by atoms with Crippen LogP contribution in [-0.4, -0.2) is 7.05 Å². The van der Waals surface area contributed by atoms with Crippen LogP contribution in [0, 0.1) is 5.41 Å². The lowest BCUT2D eigenvalue weighted by atomic mass is 9.84. The SMILES string of the molecule is C=C(/C=C\C(=C/C)c1ccc(CC(=C)NC(=C)/C=C(\CC)C(C)(C)C)cc1)NC. The molecule has 2 N–H and O–H groups in total. The average Bonchev–Trinajstić information content (AvgIpc) is 2.66. The van der Waals surface area contributed by atoms with E-state index in [-0.39, 0.29) is 5.41 Å². The van der Waals surface area contributed by atoms with Crippen LogP contribution in [0.1, 0.15) is 52.2 Å². The maximum Gasteiger partial charge on any atom is 0.0308 e. The first-order valence-corrected chi connectivity index (χ1v) is 10.3. The second-order valence-electron chi connectivity index (χ2n) is 8.25. The van der Waals surface area contributed by atoms with Crippen molar-refractivity contribution in [3.63, 3.8) is 0 Å². The number of rotatable bonds is 10. The summed E-state index contributed by atoms with van der Waals surface area (Å²) in [6.45, 7) is 23.2. The summed E-state index contributed by atoms with van der Waals surface area (Å²) < 4.78 is 0. The second kappa shape index (κ2) is 11.3. The summed E-state index contributed by atoms with van der Waals surface area (Å²) in [6, 6.07) is 8.59. The van der Waals surface area contributed by atoms with Crippen molar-refractivity contribution in [2.45, 2.75) is 47.5 Å². The third-order valence-corrected chi connectivity index (χ3v) is 4.83. The van der Waals surface area contributed by atoms with Gasteiger partial charge in [0, 0.05) is 30.6 Å². The van der Waals surface area contributed by atoms with Crippen molar-refractivity contribution in [3.05, 3.63) is 102 Å². The molecule has 0 fully saturated rings. The molecule has 0 saturated carbocycles. The van der Waals surface area contributed by atoms with Gasteiger partial charge in [0.25, 0.3) is 0 Å². The Bertz CT molecular complexity index is 809. The summed E-state index contributed by atoms with van der Waals surface area (Å²) in [5.41, 5.74) is 7.81. The standard InChI is InChI=1S/C27H38N2/c1-10-24(15-12-20(3)28-9)25-16-13-23(14-17-25)18-21(4)29-22(5)19-26(11-2)27(6,7)8/h10,12-17,19,28-29H,3-5,11,18H2,1-2,6-9H3/b15-12-,24-10+,26-19+. The van der Waals surface area contributed by atoms with Crippen molar-refractivity contribution in [3.8, 4) is 0 Å². The smallest absolute Gasteiger partial charge is 0.0308 e. The monoisotopic (exact) mass is 390 g/mol. The predicted octanol–water partition coefficient (Wildman–Crippen LogP) is 6.92. The van der Waals surface area contributed by atoms with Crippen LogP contribution in [0.4, 0.5) is 0 Å². The molecule has 1 aromatic carbocycles. The molecule has 1 aromatic rings. The van der Waals surface area contributed by atoms with Crippen molar-refractivity contribution in [2.24, 2.45) is 5.41 Å². The predicted molar refractivity (Wildman–Crippen MR) is 130 cm³/mol. The van der Waals surface area contributed by atoms with Gasteiger partial charge in [0.1, 0.15) is 0 Å². The molecule has 0 unspecified atom stereocenters. The van der Waals surface area contributed by atoms with Gasteiger partial charge >= 0.3 is 0 Å². The van der Waals surface area contributed by atoms with Crippen LogP contribution in [-0.2, 0) is 6.42 Å². The van der Waals surface area contributed by atoms with Gasteiger partial charge in [-0.1, -0.05) is 89.4 Å². The second-order valence-corrected chi connectivity index (χ2v) is 8.25. The maximum atomic E-state index is 4.18. The van der Waals surface area contributed by atoms with Gasteiger partial charge in [-0.05, 0) is 47.6 Å². The van der Waals surface area contributed by atoms with Crippen molar-refractivity contribution in [1.29, 1.82) is 0 Å². The first kappa shape index (κ1) is 24.3. The molecule has 0 bridgehead atoms. The van der Waals surface area contributed by atoms with Crippen LogP contribution < -0.4 is 10.6 Å². The zero-order chi connectivity index (χ0) is 22.0. The van der Waals surface area contributed by atoms with Crippen LogP contribution >= 0.6 is 0 Å². The highest BCUT2D eigenvalue weighted by atomic mass is 14.9. The first-order valence-electron chi connectivity index (χ1n) is 10.3. The summed E-state index contributed by atoms with van der Waals surface area (Å²) in [6.07, 6.45) is 10.1. The Kier molecular flexibility index (Phi) is 9.47. The lowest BCUT2D eigenvalue weighted by molar-refractivity contribution is 0.487. The van der Waals surface area contributed by atoms with Crippen LogP contribution in [0.25, 0.3) is 5.57 Å². The van der Waals surface area contributed by atoms with Gasteiger partial charge in [-0.25, -0.2) is 0 Å². The van der Waals surface area contributed by atoms with E-state index in [0.717, 1.165) is 35.5 Å². The molecule has 0 heterocycles. The highest BCUT2D eigenvalue weighted by Crippen LogP contribution is 2.28. The van der Waals surface area contributed by atoms with Crippen LogP contribution in [0.3, 0.4) is 0 Å². The van der Waals surface area contributed by atoms with Gasteiger partial charge in [0.15, 0.2) is 0 Å². The van der Waals surface area contributed by atoms with Gasteiger partial charge in [-0.2, -0.15) is 0 Å². The van der Waals surface area contributed by atoms with Crippen molar-refractivity contribution >= 4 is 5.57 Å². The molecule has 0 amide bonds. The Morgan fingerprint density at radius 1 is 1.00 bits per heavy atom. The van der Waals surface area contributed by atoms with Crippen LogP contribution in [0.5, 0.6) is 0 Å². The first-order chi connectivity index (χ1) is 13.6. The molecule has 0 aliphatic rings. The molecule has 0 aromatic heterocycles. The fourth-order valence-corrected chi connectivity index (χ4v) is 3.06. The minimum Gasteiger partial charge on any atom is -0.389 e. The van der Waals surface area contributed by atoms with E-state index in [1.807, 2.05) is 20.0 Å². The third-order valence-electron chi connectivity index (χ3n) is 4.83.